The van der Waals surface area contributed by atoms with Gasteiger partial charge < -0.3 is 15.3 Å². The zero-order valence-corrected chi connectivity index (χ0v) is 12.2. The van der Waals surface area contributed by atoms with Crippen molar-refractivity contribution in [3.8, 4) is 0 Å². The second-order valence-electron chi connectivity index (χ2n) is 6.78. The molecule has 110 valence electrons. The lowest BCUT2D eigenvalue weighted by Gasteiger charge is -2.22. The second-order valence-corrected chi connectivity index (χ2v) is 6.78. The van der Waals surface area contributed by atoms with Crippen LogP contribution in [0.1, 0.15) is 39.0 Å². The molecule has 4 nitrogen and oxygen atoms in total. The number of rotatable bonds is 6. The van der Waals surface area contributed by atoms with Crippen molar-refractivity contribution in [3.05, 3.63) is 0 Å². The normalized spacial score (nSPS) is 35.1. The Balaban J connectivity index is 1.35. The molecule has 3 unspecified atom stereocenters. The van der Waals surface area contributed by atoms with E-state index in [4.69, 9.17) is 0 Å². The Labute approximate surface area is 117 Å². The van der Waals surface area contributed by atoms with E-state index in [0.29, 0.717) is 6.04 Å². The first-order valence-electron chi connectivity index (χ1n) is 8.12. The van der Waals surface area contributed by atoms with Crippen LogP contribution in [0.2, 0.25) is 0 Å². The van der Waals surface area contributed by atoms with Gasteiger partial charge in [-0.05, 0) is 52.1 Å². The van der Waals surface area contributed by atoms with E-state index in [0.717, 1.165) is 25.2 Å². The zero-order chi connectivity index (χ0) is 13.2. The third-order valence-electron chi connectivity index (χ3n) is 4.95. The molecular formula is C15H29N3O. The molecule has 4 heteroatoms. The first-order chi connectivity index (χ1) is 9.22. The van der Waals surface area contributed by atoms with E-state index >= 15 is 0 Å². The largest absolute Gasteiger partial charge is 0.390 e. The highest BCUT2D eigenvalue weighted by Gasteiger charge is 2.38. The van der Waals surface area contributed by atoms with E-state index in [2.05, 4.69) is 22.0 Å². The summed E-state index contributed by atoms with van der Waals surface area (Å²) in [6.07, 6.45) is 6.44. The summed E-state index contributed by atoms with van der Waals surface area (Å²) in [6, 6.07) is 2.18. The number of aliphatic hydroxyl groups excluding tert-OH is 1. The molecule has 0 aromatic rings. The molecule has 3 atom stereocenters. The molecule has 0 spiro atoms. The number of likely N-dealkylation sites (tertiary alicyclic amines) is 2. The Morgan fingerprint density at radius 2 is 2.00 bits per heavy atom. The van der Waals surface area contributed by atoms with E-state index in [1.54, 1.807) is 0 Å². The van der Waals surface area contributed by atoms with Crippen LogP contribution in [0, 0.1) is 0 Å². The van der Waals surface area contributed by atoms with Crippen molar-refractivity contribution in [3.63, 3.8) is 0 Å². The number of hydrogen-bond donors (Lipinski definition) is 2. The van der Waals surface area contributed by atoms with Crippen LogP contribution >= 0.6 is 0 Å². The summed E-state index contributed by atoms with van der Waals surface area (Å²) in [5, 5.41) is 13.7. The van der Waals surface area contributed by atoms with Crippen molar-refractivity contribution < 1.29 is 5.11 Å². The minimum absolute atomic E-state index is 0.205. The molecule has 0 radical (unpaired) electrons. The van der Waals surface area contributed by atoms with Gasteiger partial charge in [0.1, 0.15) is 0 Å². The Morgan fingerprint density at radius 1 is 1.26 bits per heavy atom. The van der Waals surface area contributed by atoms with E-state index in [-0.39, 0.29) is 6.10 Å². The molecule has 19 heavy (non-hydrogen) atoms. The summed E-state index contributed by atoms with van der Waals surface area (Å²) < 4.78 is 0. The lowest BCUT2D eigenvalue weighted by molar-refractivity contribution is 0.120. The number of hydrogen-bond acceptors (Lipinski definition) is 4. The highest BCUT2D eigenvalue weighted by molar-refractivity contribution is 4.96. The summed E-state index contributed by atoms with van der Waals surface area (Å²) in [5.41, 5.74) is 0. The van der Waals surface area contributed by atoms with Gasteiger partial charge in [0, 0.05) is 37.8 Å². The van der Waals surface area contributed by atoms with E-state index in [1.165, 1.54) is 51.7 Å². The fourth-order valence-corrected chi connectivity index (χ4v) is 3.75. The van der Waals surface area contributed by atoms with Gasteiger partial charge in [-0.3, -0.25) is 4.90 Å². The molecular weight excluding hydrogens is 238 g/mol. The third-order valence-corrected chi connectivity index (χ3v) is 4.95. The fourth-order valence-electron chi connectivity index (χ4n) is 3.75. The van der Waals surface area contributed by atoms with Crippen LogP contribution in [0.25, 0.3) is 0 Å². The Morgan fingerprint density at radius 3 is 2.68 bits per heavy atom. The molecule has 3 aliphatic rings. The van der Waals surface area contributed by atoms with Crippen molar-refractivity contribution >= 4 is 0 Å². The highest BCUT2D eigenvalue weighted by atomic mass is 16.3. The maximum absolute atomic E-state index is 10.1. The van der Waals surface area contributed by atoms with E-state index < -0.39 is 0 Å². The zero-order valence-electron chi connectivity index (χ0n) is 12.2. The summed E-state index contributed by atoms with van der Waals surface area (Å²) in [5.74, 6) is 0. The summed E-state index contributed by atoms with van der Waals surface area (Å²) in [6.45, 7) is 7.48. The van der Waals surface area contributed by atoms with Crippen molar-refractivity contribution in [2.24, 2.45) is 0 Å². The fraction of sp³-hybridized carbons (Fsp3) is 1.00. The van der Waals surface area contributed by atoms with Gasteiger partial charge in [-0.15, -0.1) is 0 Å². The van der Waals surface area contributed by atoms with Crippen molar-refractivity contribution in [1.82, 2.24) is 15.1 Å². The Hall–Kier alpha value is -0.160. The van der Waals surface area contributed by atoms with Crippen molar-refractivity contribution in [2.75, 3.05) is 32.7 Å². The smallest absolute Gasteiger partial charge is 0.0791 e. The summed E-state index contributed by atoms with van der Waals surface area (Å²) >= 11 is 0. The lowest BCUT2D eigenvalue weighted by atomic mass is 10.2. The van der Waals surface area contributed by atoms with Crippen LogP contribution in [0.4, 0.5) is 0 Å². The summed E-state index contributed by atoms with van der Waals surface area (Å²) in [4.78, 5) is 5.05. The predicted molar refractivity (Wildman–Crippen MR) is 77.3 cm³/mol. The molecule has 0 aromatic heterocycles. The van der Waals surface area contributed by atoms with Gasteiger partial charge in [0.15, 0.2) is 0 Å². The van der Waals surface area contributed by atoms with Crippen LogP contribution in [-0.4, -0.2) is 71.9 Å². The van der Waals surface area contributed by atoms with Gasteiger partial charge in [-0.2, -0.15) is 0 Å². The number of β-amino-alcohol motifs (C(OH)–C–C–N with tert-alkyl or cyclic N) is 1. The van der Waals surface area contributed by atoms with Gasteiger partial charge in [0.25, 0.3) is 0 Å². The monoisotopic (exact) mass is 267 g/mol. The minimum atomic E-state index is -0.205. The molecule has 2 aliphatic heterocycles. The number of aliphatic hydroxyl groups is 1. The molecule has 0 aromatic carbocycles. The topological polar surface area (TPSA) is 38.7 Å². The lowest BCUT2D eigenvalue weighted by Crippen LogP contribution is -2.42. The maximum atomic E-state index is 10.1. The van der Waals surface area contributed by atoms with Gasteiger partial charge in [-0.25, -0.2) is 0 Å². The van der Waals surface area contributed by atoms with E-state index in [9.17, 15) is 5.11 Å². The van der Waals surface area contributed by atoms with Gasteiger partial charge in [0.05, 0.1) is 6.10 Å². The molecule has 2 heterocycles. The molecule has 0 amide bonds. The van der Waals surface area contributed by atoms with Crippen LogP contribution in [0.5, 0.6) is 0 Å². The van der Waals surface area contributed by atoms with Crippen molar-refractivity contribution in [2.45, 2.75) is 63.3 Å². The summed E-state index contributed by atoms with van der Waals surface area (Å²) in [7, 11) is 0. The molecule has 3 fully saturated rings. The molecule has 1 saturated carbocycles. The Kier molecular flexibility index (Phi) is 4.42. The van der Waals surface area contributed by atoms with Gasteiger partial charge in [-0.1, -0.05) is 0 Å². The second kappa shape index (κ2) is 6.08. The Bertz CT molecular complexity index is 289. The third kappa shape index (κ3) is 3.69. The van der Waals surface area contributed by atoms with Crippen LogP contribution in [0.3, 0.4) is 0 Å². The molecule has 2 N–H and O–H groups in total. The molecule has 2 saturated heterocycles. The predicted octanol–water partition coefficient (Wildman–Crippen LogP) is 0.658. The maximum Gasteiger partial charge on any atom is 0.0791 e. The van der Waals surface area contributed by atoms with Gasteiger partial charge >= 0.3 is 0 Å². The van der Waals surface area contributed by atoms with Crippen LogP contribution in [-0.2, 0) is 0 Å². The standard InChI is InChI=1S/C15H29N3O/c1-12-8-13(10-18(12)14-4-5-14)16-9-15(19)11-17-6-2-3-7-17/h12-16,19H,2-11H2,1H3. The molecule has 3 rings (SSSR count). The van der Waals surface area contributed by atoms with Crippen LogP contribution < -0.4 is 5.32 Å². The van der Waals surface area contributed by atoms with Crippen LogP contribution in [0.15, 0.2) is 0 Å². The average molecular weight is 267 g/mol. The number of nitrogens with one attached hydrogen (secondary N) is 1. The van der Waals surface area contributed by atoms with Gasteiger partial charge in [0.2, 0.25) is 0 Å². The molecule has 0 bridgehead atoms. The number of nitrogens with zero attached hydrogens (tertiary/aromatic N) is 2. The first-order valence-corrected chi connectivity index (χ1v) is 8.12. The average Bonchev–Trinajstić information content (AvgIpc) is 2.97. The first kappa shape index (κ1) is 13.8. The van der Waals surface area contributed by atoms with Crippen molar-refractivity contribution in [1.29, 1.82) is 0 Å². The molecule has 1 aliphatic carbocycles. The highest BCUT2D eigenvalue weighted by Crippen LogP contribution is 2.33. The minimum Gasteiger partial charge on any atom is -0.390 e. The quantitative estimate of drug-likeness (QED) is 0.741. The van der Waals surface area contributed by atoms with E-state index in [1.807, 2.05) is 0 Å². The SMILES string of the molecule is CC1CC(NCC(O)CN2CCCC2)CN1C1CC1.